The largest absolute Gasteiger partial charge is 0.370 e. The Bertz CT molecular complexity index is 536. The predicted octanol–water partition coefficient (Wildman–Crippen LogP) is 4.76. The molecule has 3 unspecified atom stereocenters. The number of ketones is 1. The maximum atomic E-state index is 12.5. The van der Waals surface area contributed by atoms with Gasteiger partial charge in [-0.05, 0) is 86.9 Å². The van der Waals surface area contributed by atoms with E-state index < -0.39 is 0 Å². The molecule has 1 spiro atoms. The van der Waals surface area contributed by atoms with Crippen LogP contribution in [0.4, 0.5) is 0 Å². The highest BCUT2D eigenvalue weighted by Crippen LogP contribution is 2.68. The number of Topliss-reactive ketones (excluding diaryl/α,β-unsaturated/α-hetero) is 1. The highest BCUT2D eigenvalue weighted by atomic mass is 16.6. The van der Waals surface area contributed by atoms with E-state index in [0.717, 1.165) is 30.8 Å². The lowest BCUT2D eigenvalue weighted by Crippen LogP contribution is -2.55. The number of hydrogen-bond donors (Lipinski definition) is 0. The van der Waals surface area contributed by atoms with E-state index in [1.165, 1.54) is 57.8 Å². The molecule has 128 valence electrons. The summed E-state index contributed by atoms with van der Waals surface area (Å²) >= 11 is 0. The third-order valence-corrected chi connectivity index (χ3v) is 9.42. The van der Waals surface area contributed by atoms with E-state index in [2.05, 4.69) is 13.8 Å². The molecule has 0 aromatic heterocycles. The molecule has 7 atom stereocenters. The van der Waals surface area contributed by atoms with Crippen molar-refractivity contribution in [2.75, 3.05) is 6.61 Å². The Hall–Kier alpha value is -0.370. The smallest absolute Gasteiger partial charge is 0.139 e. The quantitative estimate of drug-likeness (QED) is 0.653. The van der Waals surface area contributed by atoms with Crippen LogP contribution in [0.15, 0.2) is 0 Å². The number of rotatable bonds is 1. The van der Waals surface area contributed by atoms with Crippen molar-refractivity contribution in [1.82, 2.24) is 0 Å². The van der Waals surface area contributed by atoms with Crippen LogP contribution in [-0.2, 0) is 9.53 Å². The summed E-state index contributed by atoms with van der Waals surface area (Å²) in [5.74, 6) is 3.91. The van der Waals surface area contributed by atoms with Crippen LogP contribution in [0.1, 0.15) is 78.1 Å². The standard InChI is InChI=1S/C21H32O2/c1-3-21-11-10-20(13-23-20)12-14(21)4-5-15-16-6-7-18(22)19(16,2)9-8-17(15)21/h14-17H,3-13H2,1-2H3/t14-,15-,16?,17?,19-,20?,21-/m0/s1. The van der Waals surface area contributed by atoms with Crippen molar-refractivity contribution in [3.63, 3.8) is 0 Å². The van der Waals surface area contributed by atoms with Gasteiger partial charge >= 0.3 is 0 Å². The minimum atomic E-state index is 0.0401. The summed E-state index contributed by atoms with van der Waals surface area (Å²) in [6, 6.07) is 0. The van der Waals surface area contributed by atoms with E-state index in [0.29, 0.717) is 22.7 Å². The van der Waals surface area contributed by atoms with Crippen molar-refractivity contribution >= 4 is 5.78 Å². The van der Waals surface area contributed by atoms with Crippen molar-refractivity contribution in [2.24, 2.45) is 34.5 Å². The average molecular weight is 316 g/mol. The van der Waals surface area contributed by atoms with Gasteiger partial charge < -0.3 is 4.74 Å². The van der Waals surface area contributed by atoms with E-state index in [4.69, 9.17) is 4.74 Å². The number of ether oxygens (including phenoxy) is 1. The van der Waals surface area contributed by atoms with Gasteiger partial charge in [-0.25, -0.2) is 0 Å². The van der Waals surface area contributed by atoms with Gasteiger partial charge in [0.2, 0.25) is 0 Å². The second-order valence-electron chi connectivity index (χ2n) is 9.83. The summed E-state index contributed by atoms with van der Waals surface area (Å²) in [4.78, 5) is 12.5. The van der Waals surface area contributed by atoms with Crippen LogP contribution in [0.5, 0.6) is 0 Å². The van der Waals surface area contributed by atoms with Gasteiger partial charge in [0.25, 0.3) is 0 Å². The molecule has 1 heterocycles. The molecule has 2 nitrogen and oxygen atoms in total. The van der Waals surface area contributed by atoms with Gasteiger partial charge in [0.15, 0.2) is 0 Å². The summed E-state index contributed by atoms with van der Waals surface area (Å²) in [5.41, 5.74) is 0.925. The van der Waals surface area contributed by atoms with E-state index in [9.17, 15) is 4.79 Å². The van der Waals surface area contributed by atoms with Crippen LogP contribution in [-0.4, -0.2) is 18.0 Å². The second kappa shape index (κ2) is 4.62. The minimum Gasteiger partial charge on any atom is -0.370 e. The summed E-state index contributed by atoms with van der Waals surface area (Å²) in [6.07, 6.45) is 12.7. The molecular weight excluding hydrogens is 284 g/mol. The number of carbonyl (C=O) groups is 1. The van der Waals surface area contributed by atoms with Gasteiger partial charge in [0, 0.05) is 11.8 Å². The molecule has 2 heteroatoms. The molecule has 5 fully saturated rings. The Morgan fingerprint density at radius 1 is 1.09 bits per heavy atom. The molecule has 0 bridgehead atoms. The van der Waals surface area contributed by atoms with Crippen LogP contribution in [0, 0.1) is 34.5 Å². The first-order valence-corrected chi connectivity index (χ1v) is 10.2. The first-order chi connectivity index (χ1) is 11.0. The van der Waals surface area contributed by atoms with Crippen LogP contribution < -0.4 is 0 Å². The Morgan fingerprint density at radius 3 is 2.65 bits per heavy atom. The van der Waals surface area contributed by atoms with Crippen LogP contribution in [0.2, 0.25) is 0 Å². The zero-order chi connectivity index (χ0) is 15.9. The SMILES string of the molecule is CC[C@]12CCC3(CO3)C[C@@H]1CC[C@@H]1C2CC[C@]2(C)C(=O)CCC12. The zero-order valence-corrected chi connectivity index (χ0v) is 14.9. The zero-order valence-electron chi connectivity index (χ0n) is 14.9. The second-order valence-corrected chi connectivity index (χ2v) is 9.83. The number of fused-ring (bicyclic) bond motifs is 5. The molecule has 0 N–H and O–H groups in total. The van der Waals surface area contributed by atoms with Gasteiger partial charge in [0.1, 0.15) is 5.78 Å². The normalized spacial score (nSPS) is 57.7. The fourth-order valence-electron chi connectivity index (χ4n) is 7.96. The maximum absolute atomic E-state index is 12.5. The molecule has 1 saturated heterocycles. The highest BCUT2D eigenvalue weighted by molar-refractivity contribution is 5.87. The number of hydrogen-bond acceptors (Lipinski definition) is 2. The van der Waals surface area contributed by atoms with E-state index >= 15 is 0 Å². The van der Waals surface area contributed by atoms with Gasteiger partial charge in [0.05, 0.1) is 12.2 Å². The minimum absolute atomic E-state index is 0.0401. The highest BCUT2D eigenvalue weighted by Gasteiger charge is 2.64. The molecular formula is C21H32O2. The first kappa shape index (κ1) is 14.9. The monoisotopic (exact) mass is 316 g/mol. The Morgan fingerprint density at radius 2 is 1.91 bits per heavy atom. The summed E-state index contributed by atoms with van der Waals surface area (Å²) in [5, 5.41) is 0. The van der Waals surface area contributed by atoms with Gasteiger partial charge in [-0.15, -0.1) is 0 Å². The van der Waals surface area contributed by atoms with E-state index in [-0.39, 0.29) is 5.41 Å². The van der Waals surface area contributed by atoms with Crippen LogP contribution >= 0.6 is 0 Å². The van der Waals surface area contributed by atoms with Crippen molar-refractivity contribution < 1.29 is 9.53 Å². The Labute approximate surface area is 140 Å². The molecule has 4 saturated carbocycles. The molecule has 0 aromatic rings. The topological polar surface area (TPSA) is 29.6 Å². The molecule has 1 aliphatic heterocycles. The molecule has 5 rings (SSSR count). The molecule has 4 aliphatic carbocycles. The maximum Gasteiger partial charge on any atom is 0.139 e. The van der Waals surface area contributed by atoms with Crippen molar-refractivity contribution in [3.05, 3.63) is 0 Å². The lowest BCUT2D eigenvalue weighted by atomic mass is 9.43. The third-order valence-electron chi connectivity index (χ3n) is 9.42. The average Bonchev–Trinajstić information content (AvgIpc) is 3.24. The lowest BCUT2D eigenvalue weighted by molar-refractivity contribution is -0.144. The van der Waals surface area contributed by atoms with Crippen LogP contribution in [0.25, 0.3) is 0 Å². The van der Waals surface area contributed by atoms with Crippen molar-refractivity contribution in [1.29, 1.82) is 0 Å². The lowest BCUT2D eigenvalue weighted by Gasteiger charge is -2.61. The molecule has 23 heavy (non-hydrogen) atoms. The Balaban J connectivity index is 1.47. The van der Waals surface area contributed by atoms with E-state index in [1.807, 2.05) is 0 Å². The molecule has 0 radical (unpaired) electrons. The fourth-order valence-corrected chi connectivity index (χ4v) is 7.96. The molecule has 0 aromatic carbocycles. The fraction of sp³-hybridized carbons (Fsp3) is 0.952. The van der Waals surface area contributed by atoms with Gasteiger partial charge in [-0.3, -0.25) is 4.79 Å². The van der Waals surface area contributed by atoms with E-state index in [1.54, 1.807) is 0 Å². The van der Waals surface area contributed by atoms with Gasteiger partial charge in [-0.2, -0.15) is 0 Å². The van der Waals surface area contributed by atoms with Crippen molar-refractivity contribution in [3.8, 4) is 0 Å². The number of epoxide rings is 1. The molecule has 0 amide bonds. The van der Waals surface area contributed by atoms with Crippen molar-refractivity contribution in [2.45, 2.75) is 83.7 Å². The van der Waals surface area contributed by atoms with Gasteiger partial charge in [-0.1, -0.05) is 13.8 Å². The number of carbonyl (C=O) groups excluding carboxylic acids is 1. The predicted molar refractivity (Wildman–Crippen MR) is 90.0 cm³/mol. The Kier molecular flexibility index (Phi) is 3.00. The third kappa shape index (κ3) is 1.82. The first-order valence-electron chi connectivity index (χ1n) is 10.2. The summed E-state index contributed by atoms with van der Waals surface area (Å²) in [7, 11) is 0. The molecule has 5 aliphatic rings. The summed E-state index contributed by atoms with van der Waals surface area (Å²) < 4.78 is 5.87. The van der Waals surface area contributed by atoms with Crippen LogP contribution in [0.3, 0.4) is 0 Å². The summed E-state index contributed by atoms with van der Waals surface area (Å²) in [6.45, 7) is 5.79.